The maximum absolute atomic E-state index is 5.99. The molecule has 0 aromatic rings. The highest BCUT2D eigenvalue weighted by atomic mass is 16.5. The second-order valence-electron chi connectivity index (χ2n) is 7.92. The molecule has 3 nitrogen and oxygen atoms in total. The highest BCUT2D eigenvalue weighted by molar-refractivity contribution is 4.91. The van der Waals surface area contributed by atoms with Crippen LogP contribution in [0.2, 0.25) is 0 Å². The average molecular weight is 294 g/mol. The van der Waals surface area contributed by atoms with Crippen LogP contribution < -0.4 is 5.32 Å². The van der Waals surface area contributed by atoms with Crippen LogP contribution in [0.1, 0.15) is 52.9 Å². The van der Waals surface area contributed by atoms with Crippen molar-refractivity contribution in [3.8, 4) is 0 Å². The van der Waals surface area contributed by atoms with Crippen LogP contribution in [0.4, 0.5) is 0 Å². The number of fused-ring (bicyclic) bond motifs is 2. The molecule has 0 aromatic carbocycles. The summed E-state index contributed by atoms with van der Waals surface area (Å²) in [4.78, 5) is 2.71. The largest absolute Gasteiger partial charge is 0.372 e. The van der Waals surface area contributed by atoms with E-state index >= 15 is 0 Å². The van der Waals surface area contributed by atoms with Crippen molar-refractivity contribution in [2.75, 3.05) is 26.2 Å². The molecule has 3 rings (SSSR count). The Morgan fingerprint density at radius 1 is 1.10 bits per heavy atom. The minimum Gasteiger partial charge on any atom is -0.372 e. The van der Waals surface area contributed by atoms with Crippen LogP contribution in [0.15, 0.2) is 0 Å². The summed E-state index contributed by atoms with van der Waals surface area (Å²) >= 11 is 0. The number of morpholine rings is 1. The van der Waals surface area contributed by atoms with Gasteiger partial charge < -0.3 is 10.1 Å². The Morgan fingerprint density at radius 3 is 2.43 bits per heavy atom. The van der Waals surface area contributed by atoms with Crippen molar-refractivity contribution < 1.29 is 4.74 Å². The van der Waals surface area contributed by atoms with Gasteiger partial charge in [-0.25, -0.2) is 0 Å². The summed E-state index contributed by atoms with van der Waals surface area (Å²) in [6, 6.07) is 0.741. The molecule has 3 heteroatoms. The van der Waals surface area contributed by atoms with Gasteiger partial charge in [0.1, 0.15) is 0 Å². The Balaban J connectivity index is 1.59. The lowest BCUT2D eigenvalue weighted by atomic mass is 9.73. The number of likely N-dealkylation sites (tertiary alicyclic amines) is 1. The van der Waals surface area contributed by atoms with E-state index in [9.17, 15) is 0 Å². The second-order valence-corrected chi connectivity index (χ2v) is 7.92. The molecule has 0 radical (unpaired) electrons. The lowest BCUT2D eigenvalue weighted by molar-refractivity contribution is -0.0471. The molecular formula is C18H34N2O. The van der Waals surface area contributed by atoms with Crippen molar-refractivity contribution in [1.29, 1.82) is 0 Å². The minimum atomic E-state index is 0.533. The molecule has 1 aliphatic carbocycles. The first kappa shape index (κ1) is 15.8. The number of hydrogen-bond donors (Lipinski definition) is 1. The fourth-order valence-corrected chi connectivity index (χ4v) is 4.82. The van der Waals surface area contributed by atoms with Crippen LogP contribution in [0, 0.1) is 17.8 Å². The van der Waals surface area contributed by atoms with E-state index in [1.54, 1.807) is 0 Å². The molecule has 3 fully saturated rings. The molecule has 122 valence electrons. The summed E-state index contributed by atoms with van der Waals surface area (Å²) < 4.78 is 5.99. The Morgan fingerprint density at radius 2 is 1.81 bits per heavy atom. The lowest BCUT2D eigenvalue weighted by Gasteiger charge is -2.42. The average Bonchev–Trinajstić information content (AvgIpc) is 2.80. The van der Waals surface area contributed by atoms with Gasteiger partial charge in [-0.3, -0.25) is 4.90 Å². The standard InChI is InChI=1S/C18H34N2O/c1-4-19-18-8-5-14(13(2)3)9-15(18)10-20-11-16-6-7-17(12-20)21-16/h13-19H,4-12H2,1-3H3. The molecule has 0 amide bonds. The van der Waals surface area contributed by atoms with E-state index in [4.69, 9.17) is 4.74 Å². The van der Waals surface area contributed by atoms with Gasteiger partial charge in [-0.2, -0.15) is 0 Å². The first-order valence-corrected chi connectivity index (χ1v) is 9.27. The Hall–Kier alpha value is -0.120. The molecule has 3 aliphatic rings. The van der Waals surface area contributed by atoms with Gasteiger partial charge in [0.25, 0.3) is 0 Å². The Bertz CT molecular complexity index is 321. The quantitative estimate of drug-likeness (QED) is 0.844. The fourth-order valence-electron chi connectivity index (χ4n) is 4.82. The van der Waals surface area contributed by atoms with Gasteiger partial charge in [-0.15, -0.1) is 0 Å². The number of nitrogens with zero attached hydrogens (tertiary/aromatic N) is 1. The molecule has 0 spiro atoms. The monoisotopic (exact) mass is 294 g/mol. The van der Waals surface area contributed by atoms with E-state index in [2.05, 4.69) is 31.0 Å². The maximum atomic E-state index is 5.99. The smallest absolute Gasteiger partial charge is 0.0707 e. The van der Waals surface area contributed by atoms with E-state index < -0.39 is 0 Å². The third-order valence-corrected chi connectivity index (χ3v) is 6.04. The van der Waals surface area contributed by atoms with E-state index in [-0.39, 0.29) is 0 Å². The van der Waals surface area contributed by atoms with Gasteiger partial charge >= 0.3 is 0 Å². The third kappa shape index (κ3) is 3.80. The zero-order valence-corrected chi connectivity index (χ0v) is 14.2. The van der Waals surface area contributed by atoms with Crippen LogP contribution in [0.25, 0.3) is 0 Å². The zero-order chi connectivity index (χ0) is 14.8. The van der Waals surface area contributed by atoms with E-state index in [0.717, 1.165) is 30.3 Å². The summed E-state index contributed by atoms with van der Waals surface area (Å²) in [6.07, 6.45) is 7.85. The normalized spacial score (nSPS) is 40.9. The van der Waals surface area contributed by atoms with Crippen LogP contribution in [0.3, 0.4) is 0 Å². The van der Waals surface area contributed by atoms with Crippen LogP contribution in [-0.4, -0.2) is 49.3 Å². The zero-order valence-electron chi connectivity index (χ0n) is 14.2. The lowest BCUT2D eigenvalue weighted by Crippen LogP contribution is -2.50. The van der Waals surface area contributed by atoms with Crippen molar-refractivity contribution in [1.82, 2.24) is 10.2 Å². The van der Waals surface area contributed by atoms with Gasteiger partial charge in [0.05, 0.1) is 12.2 Å². The first-order valence-electron chi connectivity index (χ1n) is 9.27. The number of nitrogens with one attached hydrogen (secondary N) is 1. The first-order chi connectivity index (χ1) is 10.2. The van der Waals surface area contributed by atoms with Gasteiger partial charge in [-0.05, 0) is 56.4 Å². The van der Waals surface area contributed by atoms with Crippen LogP contribution >= 0.6 is 0 Å². The number of hydrogen-bond acceptors (Lipinski definition) is 3. The predicted octanol–water partition coefficient (Wildman–Crippen LogP) is 2.90. The van der Waals surface area contributed by atoms with E-state index in [1.165, 1.54) is 51.7 Å². The molecule has 5 unspecified atom stereocenters. The fraction of sp³-hybridized carbons (Fsp3) is 1.00. The van der Waals surface area contributed by atoms with Crippen LogP contribution in [0.5, 0.6) is 0 Å². The Labute approximate surface area is 130 Å². The highest BCUT2D eigenvalue weighted by Gasteiger charge is 2.37. The maximum Gasteiger partial charge on any atom is 0.0707 e. The van der Waals surface area contributed by atoms with Crippen molar-refractivity contribution in [2.45, 2.75) is 71.1 Å². The van der Waals surface area contributed by atoms with Crippen molar-refractivity contribution in [3.63, 3.8) is 0 Å². The summed E-state index contributed by atoms with van der Waals surface area (Å²) in [5.41, 5.74) is 0. The van der Waals surface area contributed by atoms with Gasteiger partial charge in [0, 0.05) is 25.7 Å². The second kappa shape index (κ2) is 6.97. The van der Waals surface area contributed by atoms with Crippen molar-refractivity contribution in [2.24, 2.45) is 17.8 Å². The molecule has 5 atom stereocenters. The molecule has 2 heterocycles. The predicted molar refractivity (Wildman–Crippen MR) is 87.5 cm³/mol. The SMILES string of the molecule is CCNC1CCC(C(C)C)CC1CN1CC2CCC(C1)O2. The summed E-state index contributed by atoms with van der Waals surface area (Å²) in [6.45, 7) is 11.8. The van der Waals surface area contributed by atoms with E-state index in [0.29, 0.717) is 12.2 Å². The van der Waals surface area contributed by atoms with Gasteiger partial charge in [0.2, 0.25) is 0 Å². The van der Waals surface area contributed by atoms with Gasteiger partial charge in [0.15, 0.2) is 0 Å². The highest BCUT2D eigenvalue weighted by Crippen LogP contribution is 2.35. The molecule has 21 heavy (non-hydrogen) atoms. The van der Waals surface area contributed by atoms with Crippen molar-refractivity contribution in [3.05, 3.63) is 0 Å². The molecule has 1 N–H and O–H groups in total. The molecular weight excluding hydrogens is 260 g/mol. The molecule has 2 saturated heterocycles. The molecule has 1 saturated carbocycles. The van der Waals surface area contributed by atoms with E-state index in [1.807, 2.05) is 0 Å². The minimum absolute atomic E-state index is 0.533. The van der Waals surface area contributed by atoms with Crippen molar-refractivity contribution >= 4 is 0 Å². The summed E-state index contributed by atoms with van der Waals surface area (Å²) in [5, 5.41) is 3.76. The van der Waals surface area contributed by atoms with Gasteiger partial charge in [-0.1, -0.05) is 20.8 Å². The summed E-state index contributed by atoms with van der Waals surface area (Å²) in [7, 11) is 0. The number of rotatable bonds is 5. The summed E-state index contributed by atoms with van der Waals surface area (Å²) in [5.74, 6) is 2.61. The van der Waals surface area contributed by atoms with Crippen LogP contribution in [-0.2, 0) is 4.74 Å². The molecule has 0 aromatic heterocycles. The number of ether oxygens (including phenoxy) is 1. The topological polar surface area (TPSA) is 24.5 Å². The molecule has 2 bridgehead atoms. The third-order valence-electron chi connectivity index (χ3n) is 6.04. The Kier molecular flexibility index (Phi) is 5.23. The molecule has 2 aliphatic heterocycles.